The molecule has 7 nitrogen and oxygen atoms in total. The molecule has 1 aromatic carbocycles. The summed E-state index contributed by atoms with van der Waals surface area (Å²) in [6, 6.07) is 6.52. The normalized spacial score (nSPS) is 25.7. The number of anilines is 1. The van der Waals surface area contributed by atoms with E-state index in [4.69, 9.17) is 4.74 Å². The number of aromatic nitrogens is 1. The molecule has 1 saturated heterocycles. The fourth-order valence-corrected chi connectivity index (χ4v) is 4.06. The second-order valence-corrected chi connectivity index (χ2v) is 6.94. The standard InChI is InChI=1S/C18H21N5O2/c1-11-18(24)21-20-17-10-25-16-7-12-4-6-22(13-3-2-5-19-9-13)14(12)8-15(16)23(11)17/h4,6-8,11,13,19H,2-3,5,9-10H2,1H3,(H,21,24). The van der Waals surface area contributed by atoms with Crippen LogP contribution >= 0.6 is 0 Å². The zero-order chi connectivity index (χ0) is 17.0. The van der Waals surface area contributed by atoms with Crippen LogP contribution in [0.4, 0.5) is 5.69 Å². The zero-order valence-corrected chi connectivity index (χ0v) is 14.2. The zero-order valence-electron chi connectivity index (χ0n) is 14.2. The van der Waals surface area contributed by atoms with Crippen molar-refractivity contribution in [3.63, 3.8) is 0 Å². The fourth-order valence-electron chi connectivity index (χ4n) is 4.06. The first-order chi connectivity index (χ1) is 12.2. The Balaban J connectivity index is 1.64. The van der Waals surface area contributed by atoms with Crippen LogP contribution in [0.1, 0.15) is 25.8 Å². The van der Waals surface area contributed by atoms with Gasteiger partial charge in [0.05, 0.1) is 11.2 Å². The maximum Gasteiger partial charge on any atom is 0.262 e. The molecule has 1 fully saturated rings. The van der Waals surface area contributed by atoms with Gasteiger partial charge in [-0.05, 0) is 44.5 Å². The largest absolute Gasteiger partial charge is 0.483 e. The van der Waals surface area contributed by atoms with Crippen molar-refractivity contribution >= 4 is 28.3 Å². The minimum absolute atomic E-state index is 0.0939. The first-order valence-electron chi connectivity index (χ1n) is 8.86. The highest BCUT2D eigenvalue weighted by Crippen LogP contribution is 2.39. The molecule has 25 heavy (non-hydrogen) atoms. The molecule has 3 aliphatic heterocycles. The summed E-state index contributed by atoms with van der Waals surface area (Å²) in [7, 11) is 0. The van der Waals surface area contributed by atoms with E-state index in [0.29, 0.717) is 12.6 Å². The monoisotopic (exact) mass is 339 g/mol. The molecule has 1 aromatic heterocycles. The number of carbonyl (C=O) groups is 1. The Morgan fingerprint density at radius 3 is 3.12 bits per heavy atom. The SMILES string of the molecule is CC1C(=O)NN=C2COc3cc4ccn(C5CCCNC5)c4cc3N21. The highest BCUT2D eigenvalue weighted by Gasteiger charge is 2.35. The summed E-state index contributed by atoms with van der Waals surface area (Å²) in [5, 5.41) is 8.81. The molecule has 0 spiro atoms. The van der Waals surface area contributed by atoms with Gasteiger partial charge in [-0.25, -0.2) is 5.43 Å². The molecule has 0 aliphatic carbocycles. The van der Waals surface area contributed by atoms with Gasteiger partial charge in [-0.15, -0.1) is 0 Å². The van der Waals surface area contributed by atoms with E-state index < -0.39 is 0 Å². The maximum absolute atomic E-state index is 12.1. The number of amidine groups is 1. The lowest BCUT2D eigenvalue weighted by atomic mass is 10.1. The third-order valence-corrected chi connectivity index (χ3v) is 5.42. The molecule has 0 bridgehead atoms. The van der Waals surface area contributed by atoms with Crippen molar-refractivity contribution < 1.29 is 9.53 Å². The number of amides is 1. The highest BCUT2D eigenvalue weighted by molar-refractivity contribution is 6.10. The summed E-state index contributed by atoms with van der Waals surface area (Å²) in [6.07, 6.45) is 4.53. The Bertz CT molecular complexity index is 881. The number of hydrogen-bond acceptors (Lipinski definition) is 5. The number of piperidine rings is 1. The third kappa shape index (κ3) is 2.22. The molecule has 2 atom stereocenters. The smallest absolute Gasteiger partial charge is 0.262 e. The van der Waals surface area contributed by atoms with Crippen LogP contribution in [-0.4, -0.2) is 42.0 Å². The van der Waals surface area contributed by atoms with Crippen molar-refractivity contribution in [3.8, 4) is 5.75 Å². The lowest BCUT2D eigenvalue weighted by molar-refractivity contribution is -0.122. The summed E-state index contributed by atoms with van der Waals surface area (Å²) >= 11 is 0. The van der Waals surface area contributed by atoms with Crippen LogP contribution in [0.2, 0.25) is 0 Å². The molecule has 2 unspecified atom stereocenters. The number of carbonyl (C=O) groups excluding carboxylic acids is 1. The topological polar surface area (TPSA) is 70.9 Å². The number of fused-ring (bicyclic) bond motifs is 4. The quantitative estimate of drug-likeness (QED) is 0.828. The van der Waals surface area contributed by atoms with Gasteiger partial charge in [0, 0.05) is 24.2 Å². The second-order valence-electron chi connectivity index (χ2n) is 6.94. The van der Waals surface area contributed by atoms with Gasteiger partial charge in [-0.2, -0.15) is 5.10 Å². The summed E-state index contributed by atoms with van der Waals surface area (Å²) < 4.78 is 8.24. The van der Waals surface area contributed by atoms with E-state index in [1.54, 1.807) is 0 Å². The minimum Gasteiger partial charge on any atom is -0.483 e. The fraction of sp³-hybridized carbons (Fsp3) is 0.444. The molecule has 4 heterocycles. The highest BCUT2D eigenvalue weighted by atomic mass is 16.5. The van der Waals surface area contributed by atoms with Crippen LogP contribution in [-0.2, 0) is 4.79 Å². The molecule has 1 amide bonds. The van der Waals surface area contributed by atoms with Gasteiger partial charge >= 0.3 is 0 Å². The van der Waals surface area contributed by atoms with E-state index in [1.807, 2.05) is 11.8 Å². The molecular weight excluding hydrogens is 318 g/mol. The maximum atomic E-state index is 12.1. The molecule has 0 radical (unpaired) electrons. The minimum atomic E-state index is -0.299. The molecule has 2 N–H and O–H groups in total. The van der Waals surface area contributed by atoms with Crippen molar-refractivity contribution in [2.24, 2.45) is 5.10 Å². The molecular formula is C18H21N5O2. The van der Waals surface area contributed by atoms with Gasteiger partial charge in [0.15, 0.2) is 5.84 Å². The van der Waals surface area contributed by atoms with Gasteiger partial charge in [0.2, 0.25) is 0 Å². The Hall–Kier alpha value is -2.54. The molecule has 5 rings (SSSR count). The Labute approximate surface area is 145 Å². The van der Waals surface area contributed by atoms with E-state index in [-0.39, 0.29) is 11.9 Å². The number of ether oxygens (including phenoxy) is 1. The van der Waals surface area contributed by atoms with Crippen molar-refractivity contribution in [1.29, 1.82) is 0 Å². The van der Waals surface area contributed by atoms with Crippen molar-refractivity contribution in [3.05, 3.63) is 24.4 Å². The van der Waals surface area contributed by atoms with Crippen LogP contribution in [0, 0.1) is 0 Å². The van der Waals surface area contributed by atoms with Crippen LogP contribution in [0.15, 0.2) is 29.5 Å². The Kier molecular flexibility index (Phi) is 3.24. The first-order valence-corrected chi connectivity index (χ1v) is 8.86. The third-order valence-electron chi connectivity index (χ3n) is 5.42. The average molecular weight is 339 g/mol. The van der Waals surface area contributed by atoms with E-state index in [0.717, 1.165) is 30.4 Å². The van der Waals surface area contributed by atoms with E-state index >= 15 is 0 Å². The lowest BCUT2D eigenvalue weighted by Gasteiger charge is -2.38. The number of hydrazone groups is 1. The molecule has 2 aromatic rings. The van der Waals surface area contributed by atoms with Crippen molar-refractivity contribution in [2.45, 2.75) is 31.8 Å². The van der Waals surface area contributed by atoms with Gasteiger partial charge in [-0.1, -0.05) is 0 Å². The van der Waals surface area contributed by atoms with Gasteiger partial charge < -0.3 is 19.5 Å². The van der Waals surface area contributed by atoms with Crippen molar-refractivity contribution in [2.75, 3.05) is 24.6 Å². The van der Waals surface area contributed by atoms with Crippen LogP contribution in [0.25, 0.3) is 10.9 Å². The van der Waals surface area contributed by atoms with Crippen LogP contribution in [0.3, 0.4) is 0 Å². The van der Waals surface area contributed by atoms with Gasteiger partial charge in [0.1, 0.15) is 18.4 Å². The Morgan fingerprint density at radius 1 is 1.36 bits per heavy atom. The van der Waals surface area contributed by atoms with E-state index in [2.05, 4.69) is 44.8 Å². The second kappa shape index (κ2) is 5.49. The van der Waals surface area contributed by atoms with Crippen LogP contribution in [0.5, 0.6) is 5.75 Å². The molecule has 0 saturated carbocycles. The predicted octanol–water partition coefficient (Wildman–Crippen LogP) is 1.60. The summed E-state index contributed by atoms with van der Waals surface area (Å²) in [4.78, 5) is 14.1. The van der Waals surface area contributed by atoms with Gasteiger partial charge in [-0.3, -0.25) is 4.79 Å². The van der Waals surface area contributed by atoms with E-state index in [9.17, 15) is 4.79 Å². The predicted molar refractivity (Wildman–Crippen MR) is 96.1 cm³/mol. The number of hydrogen-bond donors (Lipinski definition) is 2. The summed E-state index contributed by atoms with van der Waals surface area (Å²) in [5.41, 5.74) is 4.67. The summed E-state index contributed by atoms with van der Waals surface area (Å²) in [6.45, 7) is 4.36. The average Bonchev–Trinajstić information content (AvgIpc) is 3.06. The number of benzene rings is 1. The lowest BCUT2D eigenvalue weighted by Crippen LogP contribution is -2.55. The van der Waals surface area contributed by atoms with E-state index in [1.165, 1.54) is 23.7 Å². The number of rotatable bonds is 1. The Morgan fingerprint density at radius 2 is 2.28 bits per heavy atom. The number of nitrogens with one attached hydrogen (secondary N) is 2. The van der Waals surface area contributed by atoms with Crippen molar-refractivity contribution in [1.82, 2.24) is 15.3 Å². The first kappa shape index (κ1) is 14.8. The molecule has 3 aliphatic rings. The molecule has 7 heteroatoms. The molecule has 130 valence electrons. The van der Waals surface area contributed by atoms with Crippen LogP contribution < -0.4 is 20.4 Å². The van der Waals surface area contributed by atoms with Gasteiger partial charge in [0.25, 0.3) is 5.91 Å². The summed E-state index contributed by atoms with van der Waals surface area (Å²) in [5.74, 6) is 1.47. The number of nitrogens with zero attached hydrogens (tertiary/aromatic N) is 3.